The summed E-state index contributed by atoms with van der Waals surface area (Å²) in [7, 11) is -3.82. The number of nitrogens with zero attached hydrogens (tertiary/aromatic N) is 2. The van der Waals surface area contributed by atoms with Crippen LogP contribution in [0.5, 0.6) is 0 Å². The number of amides is 1. The van der Waals surface area contributed by atoms with Crippen LogP contribution < -0.4 is 9.62 Å². The highest BCUT2D eigenvalue weighted by Crippen LogP contribution is 2.40. The molecule has 2 heterocycles. The number of sulfonamides is 1. The van der Waals surface area contributed by atoms with Gasteiger partial charge in [0.2, 0.25) is 0 Å². The second kappa shape index (κ2) is 6.28. The fourth-order valence-corrected chi connectivity index (χ4v) is 6.62. The molecule has 0 saturated heterocycles. The van der Waals surface area contributed by atoms with E-state index in [0.29, 0.717) is 28.0 Å². The molecule has 0 spiro atoms. The quantitative estimate of drug-likeness (QED) is 0.702. The molecule has 1 aliphatic carbocycles. The Labute approximate surface area is 167 Å². The Morgan fingerprint density at radius 2 is 2.00 bits per heavy atom. The van der Waals surface area contributed by atoms with Gasteiger partial charge in [-0.3, -0.25) is 9.52 Å². The average Bonchev–Trinajstić information content (AvgIpc) is 3.20. The number of hydrogen-bond donors (Lipinski definition) is 1. The Morgan fingerprint density at radius 1 is 1.18 bits per heavy atom. The highest BCUT2D eigenvalue weighted by atomic mass is 32.2. The lowest BCUT2D eigenvalue weighted by atomic mass is 10.0. The largest absolute Gasteiger partial charge is 0.308 e. The summed E-state index contributed by atoms with van der Waals surface area (Å²) in [5.74, 6) is -0.0850. The number of fused-ring (bicyclic) bond motifs is 1. The molecule has 1 N–H and O–H groups in total. The van der Waals surface area contributed by atoms with Gasteiger partial charge in [0.1, 0.15) is 0 Å². The summed E-state index contributed by atoms with van der Waals surface area (Å²) in [5.41, 5.74) is 2.33. The van der Waals surface area contributed by atoms with E-state index in [1.807, 2.05) is 6.92 Å². The molecule has 3 aromatic rings. The lowest BCUT2D eigenvalue weighted by molar-refractivity contribution is 0.0994. The molecule has 0 bridgehead atoms. The number of aryl methyl sites for hydroxylation is 2. The molecule has 2 aliphatic rings. The first kappa shape index (κ1) is 17.6. The third kappa shape index (κ3) is 2.55. The molecule has 28 heavy (non-hydrogen) atoms. The van der Waals surface area contributed by atoms with Gasteiger partial charge in [-0.15, -0.1) is 11.3 Å². The zero-order chi connectivity index (χ0) is 19.5. The van der Waals surface area contributed by atoms with Crippen molar-refractivity contribution in [3.05, 3.63) is 46.5 Å². The summed E-state index contributed by atoms with van der Waals surface area (Å²) < 4.78 is 29.0. The van der Waals surface area contributed by atoms with Crippen molar-refractivity contribution in [3.8, 4) is 0 Å². The maximum atomic E-state index is 13.2. The van der Waals surface area contributed by atoms with Crippen LogP contribution in [0.25, 0.3) is 10.8 Å². The van der Waals surface area contributed by atoms with Crippen LogP contribution in [0, 0.1) is 0 Å². The van der Waals surface area contributed by atoms with E-state index >= 15 is 0 Å². The number of rotatable bonds is 4. The number of benzene rings is 2. The van der Waals surface area contributed by atoms with Crippen LogP contribution in [0.15, 0.2) is 35.2 Å². The van der Waals surface area contributed by atoms with Crippen molar-refractivity contribution in [2.24, 2.45) is 0 Å². The smallest absolute Gasteiger partial charge is 0.264 e. The van der Waals surface area contributed by atoms with Crippen LogP contribution in [0.2, 0.25) is 0 Å². The minimum absolute atomic E-state index is 0.0850. The second-order valence-corrected chi connectivity index (χ2v) is 9.80. The molecule has 1 aliphatic heterocycles. The third-order valence-electron chi connectivity index (χ3n) is 5.42. The maximum Gasteiger partial charge on any atom is 0.264 e. The average molecular weight is 414 g/mol. The fraction of sp³-hybridized carbons (Fsp3) is 0.300. The number of carbonyl (C=O) groups is 1. The number of hydrogen-bond acceptors (Lipinski definition) is 5. The van der Waals surface area contributed by atoms with Gasteiger partial charge in [0.15, 0.2) is 5.13 Å². The van der Waals surface area contributed by atoms with Gasteiger partial charge in [0.05, 0.1) is 16.3 Å². The molecule has 5 rings (SSSR count). The molecular weight excluding hydrogens is 394 g/mol. The standard InChI is InChI=1S/C20H19N3O3S2/c1-2-23-15-10-11-17(12-6-5-7-13(18(12)15)19(23)24)28(25,26)22-20-21-14-8-3-4-9-16(14)27-20/h5-7,10-11H,2-4,8-9H2,1H3,(H,21,22). The number of aromatic nitrogens is 1. The second-order valence-electron chi connectivity index (χ2n) is 7.06. The summed E-state index contributed by atoms with van der Waals surface area (Å²) in [6.45, 7) is 2.45. The lowest BCUT2D eigenvalue weighted by Crippen LogP contribution is -2.25. The van der Waals surface area contributed by atoms with Crippen LogP contribution in [0.3, 0.4) is 0 Å². The Balaban J connectivity index is 1.61. The molecule has 0 atom stereocenters. The number of carbonyl (C=O) groups excluding carboxylic acids is 1. The molecule has 144 valence electrons. The van der Waals surface area contributed by atoms with E-state index in [4.69, 9.17) is 0 Å². The van der Waals surface area contributed by atoms with E-state index in [1.54, 1.807) is 35.2 Å². The molecule has 1 amide bonds. The molecule has 0 saturated carbocycles. The van der Waals surface area contributed by atoms with Crippen molar-refractivity contribution in [1.82, 2.24) is 4.98 Å². The normalized spacial score (nSPS) is 15.9. The van der Waals surface area contributed by atoms with Crippen LogP contribution in [0.4, 0.5) is 10.8 Å². The molecule has 8 heteroatoms. The van der Waals surface area contributed by atoms with Crippen molar-refractivity contribution >= 4 is 48.9 Å². The van der Waals surface area contributed by atoms with E-state index in [9.17, 15) is 13.2 Å². The topological polar surface area (TPSA) is 79.4 Å². The minimum Gasteiger partial charge on any atom is -0.308 e. The van der Waals surface area contributed by atoms with Gasteiger partial charge in [-0.25, -0.2) is 13.4 Å². The van der Waals surface area contributed by atoms with Gasteiger partial charge in [0, 0.05) is 27.8 Å². The number of anilines is 2. The van der Waals surface area contributed by atoms with Crippen LogP contribution in [0.1, 0.15) is 40.7 Å². The summed E-state index contributed by atoms with van der Waals surface area (Å²) in [6, 6.07) is 8.55. The van der Waals surface area contributed by atoms with Gasteiger partial charge in [-0.2, -0.15) is 0 Å². The van der Waals surface area contributed by atoms with Crippen molar-refractivity contribution in [3.63, 3.8) is 0 Å². The van der Waals surface area contributed by atoms with E-state index in [1.165, 1.54) is 16.2 Å². The maximum absolute atomic E-state index is 13.2. The minimum atomic E-state index is -3.82. The predicted molar refractivity (Wildman–Crippen MR) is 111 cm³/mol. The zero-order valence-electron chi connectivity index (χ0n) is 15.4. The Hall–Kier alpha value is -2.45. The number of nitrogens with one attached hydrogen (secondary N) is 1. The molecule has 2 aromatic carbocycles. The lowest BCUT2D eigenvalue weighted by Gasteiger charge is -2.15. The van der Waals surface area contributed by atoms with Crippen molar-refractivity contribution in [2.75, 3.05) is 16.2 Å². The van der Waals surface area contributed by atoms with E-state index in [0.717, 1.165) is 37.1 Å². The summed E-state index contributed by atoms with van der Waals surface area (Å²) in [5, 5.41) is 1.69. The highest BCUT2D eigenvalue weighted by Gasteiger charge is 2.31. The van der Waals surface area contributed by atoms with Gasteiger partial charge in [-0.1, -0.05) is 12.1 Å². The van der Waals surface area contributed by atoms with Crippen LogP contribution >= 0.6 is 11.3 Å². The van der Waals surface area contributed by atoms with Gasteiger partial charge >= 0.3 is 0 Å². The predicted octanol–water partition coefficient (Wildman–Crippen LogP) is 3.96. The summed E-state index contributed by atoms with van der Waals surface area (Å²) >= 11 is 1.42. The van der Waals surface area contributed by atoms with Crippen LogP contribution in [-0.4, -0.2) is 25.9 Å². The molecule has 1 aromatic heterocycles. The first-order valence-electron chi connectivity index (χ1n) is 9.38. The first-order valence-corrected chi connectivity index (χ1v) is 11.7. The van der Waals surface area contributed by atoms with E-state index < -0.39 is 10.0 Å². The molecule has 0 radical (unpaired) electrons. The van der Waals surface area contributed by atoms with Gasteiger partial charge in [-0.05, 0) is 50.8 Å². The van der Waals surface area contributed by atoms with Crippen molar-refractivity contribution in [1.29, 1.82) is 0 Å². The summed E-state index contributed by atoms with van der Waals surface area (Å²) in [6.07, 6.45) is 4.09. The molecule has 0 fully saturated rings. The van der Waals surface area contributed by atoms with E-state index in [-0.39, 0.29) is 10.8 Å². The highest BCUT2D eigenvalue weighted by molar-refractivity contribution is 7.93. The molecule has 6 nitrogen and oxygen atoms in total. The van der Waals surface area contributed by atoms with Gasteiger partial charge in [0.25, 0.3) is 15.9 Å². The first-order chi connectivity index (χ1) is 13.5. The Bertz CT molecular complexity index is 1210. The summed E-state index contributed by atoms with van der Waals surface area (Å²) in [4.78, 5) is 20.1. The SMILES string of the molecule is CCN1C(=O)c2cccc3c(S(=O)(=O)Nc4nc5c(s4)CCCC5)ccc1c23. The van der Waals surface area contributed by atoms with Crippen molar-refractivity contribution < 1.29 is 13.2 Å². The Kier molecular flexibility index (Phi) is 3.96. The Morgan fingerprint density at radius 3 is 2.79 bits per heavy atom. The van der Waals surface area contributed by atoms with Crippen molar-refractivity contribution in [2.45, 2.75) is 37.5 Å². The van der Waals surface area contributed by atoms with Crippen LogP contribution in [-0.2, 0) is 22.9 Å². The third-order valence-corrected chi connectivity index (χ3v) is 8.02. The molecule has 0 unspecified atom stereocenters. The fourth-order valence-electron chi connectivity index (χ4n) is 4.13. The van der Waals surface area contributed by atoms with Gasteiger partial charge < -0.3 is 4.90 Å². The number of thiazole rings is 1. The van der Waals surface area contributed by atoms with E-state index in [2.05, 4.69) is 9.71 Å². The molecular formula is C20H19N3O3S2. The monoisotopic (exact) mass is 413 g/mol. The zero-order valence-corrected chi connectivity index (χ0v) is 17.0.